The van der Waals surface area contributed by atoms with E-state index in [2.05, 4.69) is 19.2 Å². The van der Waals surface area contributed by atoms with E-state index in [-0.39, 0.29) is 29.7 Å². The fraction of sp³-hybridized carbons (Fsp3) is 0.435. The molecule has 1 amide bonds. The number of piperidine rings is 1. The van der Waals surface area contributed by atoms with E-state index < -0.39 is 17.1 Å². The van der Waals surface area contributed by atoms with Crippen LogP contribution in [0.3, 0.4) is 0 Å². The number of hydrogen-bond acceptors (Lipinski definition) is 7. The standard InChI is InChI=1S/C23H27N3O6/c1-14(2)15-3-5-16(6-4-15)24-23(28)22(25-9-7-17(27)8-10-25)18-11-20-21(32-13-31-20)12-19(18)26(29)30/h3-6,11-12,14,17,22,27H,7-10,13H2,1-2H3,(H,24,28)/t22-/m1/s1. The smallest absolute Gasteiger partial charge is 0.278 e. The Hall–Kier alpha value is -3.17. The van der Waals surface area contributed by atoms with Crippen molar-refractivity contribution in [2.45, 2.75) is 44.8 Å². The monoisotopic (exact) mass is 441 g/mol. The molecule has 0 bridgehead atoms. The number of carbonyl (C=O) groups excluding carboxylic acids is 1. The van der Waals surface area contributed by atoms with E-state index in [9.17, 15) is 20.0 Å². The molecule has 0 saturated carbocycles. The number of anilines is 1. The van der Waals surface area contributed by atoms with Gasteiger partial charge in [0.2, 0.25) is 12.7 Å². The molecule has 2 aliphatic heterocycles. The zero-order valence-corrected chi connectivity index (χ0v) is 18.1. The Labute approximate surface area is 186 Å². The number of carbonyl (C=O) groups is 1. The van der Waals surface area contributed by atoms with Gasteiger partial charge in [0.15, 0.2) is 11.5 Å². The van der Waals surface area contributed by atoms with Gasteiger partial charge in [-0.15, -0.1) is 0 Å². The number of likely N-dealkylation sites (tertiary alicyclic amines) is 1. The summed E-state index contributed by atoms with van der Waals surface area (Å²) in [6.45, 7) is 5.04. The predicted molar refractivity (Wildman–Crippen MR) is 118 cm³/mol. The summed E-state index contributed by atoms with van der Waals surface area (Å²) in [7, 11) is 0. The minimum atomic E-state index is -0.915. The highest BCUT2D eigenvalue weighted by Crippen LogP contribution is 2.42. The fourth-order valence-electron chi connectivity index (χ4n) is 4.13. The van der Waals surface area contributed by atoms with Gasteiger partial charge >= 0.3 is 0 Å². The lowest BCUT2D eigenvalue weighted by Crippen LogP contribution is -2.43. The van der Waals surface area contributed by atoms with E-state index in [4.69, 9.17) is 9.47 Å². The molecule has 0 aliphatic carbocycles. The third kappa shape index (κ3) is 4.53. The summed E-state index contributed by atoms with van der Waals surface area (Å²) in [4.78, 5) is 26.7. The zero-order valence-electron chi connectivity index (χ0n) is 18.1. The number of nitrogens with zero attached hydrogens (tertiary/aromatic N) is 2. The Bertz CT molecular complexity index is 1000. The highest BCUT2D eigenvalue weighted by Gasteiger charge is 2.37. The number of rotatable bonds is 6. The van der Waals surface area contributed by atoms with Gasteiger partial charge in [0.1, 0.15) is 6.04 Å². The summed E-state index contributed by atoms with van der Waals surface area (Å²) < 4.78 is 10.7. The van der Waals surface area contributed by atoms with Gasteiger partial charge in [0.25, 0.3) is 5.69 Å². The molecule has 2 aromatic carbocycles. The number of nitrogens with one attached hydrogen (secondary N) is 1. The van der Waals surface area contributed by atoms with Crippen LogP contribution in [0, 0.1) is 10.1 Å². The Morgan fingerprint density at radius 3 is 2.38 bits per heavy atom. The molecule has 0 spiro atoms. The van der Waals surface area contributed by atoms with Crippen molar-refractivity contribution in [3.05, 3.63) is 57.6 Å². The number of fused-ring (bicyclic) bond motifs is 1. The Morgan fingerprint density at radius 2 is 1.78 bits per heavy atom. The second kappa shape index (κ2) is 9.13. The zero-order chi connectivity index (χ0) is 22.8. The average Bonchev–Trinajstić information content (AvgIpc) is 3.22. The van der Waals surface area contributed by atoms with Crippen LogP contribution >= 0.6 is 0 Å². The Morgan fingerprint density at radius 1 is 1.16 bits per heavy atom. The molecule has 0 unspecified atom stereocenters. The van der Waals surface area contributed by atoms with Crippen molar-refractivity contribution in [3.8, 4) is 11.5 Å². The first-order chi connectivity index (χ1) is 15.3. The van der Waals surface area contributed by atoms with Crippen molar-refractivity contribution in [2.24, 2.45) is 0 Å². The molecule has 170 valence electrons. The predicted octanol–water partition coefficient (Wildman–Crippen LogP) is 3.58. The van der Waals surface area contributed by atoms with Gasteiger partial charge < -0.3 is 19.9 Å². The number of aliphatic hydroxyl groups excluding tert-OH is 1. The minimum absolute atomic E-state index is 0.0229. The van der Waals surface area contributed by atoms with E-state index >= 15 is 0 Å². The second-order valence-corrected chi connectivity index (χ2v) is 8.46. The lowest BCUT2D eigenvalue weighted by atomic mass is 9.97. The summed E-state index contributed by atoms with van der Waals surface area (Å²) in [6, 6.07) is 9.50. The van der Waals surface area contributed by atoms with Crippen LogP contribution in [-0.4, -0.2) is 46.8 Å². The minimum Gasteiger partial charge on any atom is -0.454 e. The molecule has 1 atom stereocenters. The molecule has 32 heavy (non-hydrogen) atoms. The summed E-state index contributed by atoms with van der Waals surface area (Å²) in [5, 5.41) is 24.7. The molecule has 2 aliphatic rings. The molecular formula is C23H27N3O6. The van der Waals surface area contributed by atoms with Crippen LogP contribution in [0.1, 0.15) is 49.8 Å². The fourth-order valence-corrected chi connectivity index (χ4v) is 4.13. The van der Waals surface area contributed by atoms with Gasteiger partial charge in [-0.25, -0.2) is 0 Å². The van der Waals surface area contributed by atoms with Crippen molar-refractivity contribution >= 4 is 17.3 Å². The van der Waals surface area contributed by atoms with Gasteiger partial charge in [-0.3, -0.25) is 19.8 Å². The maximum atomic E-state index is 13.5. The van der Waals surface area contributed by atoms with Crippen LogP contribution in [-0.2, 0) is 4.79 Å². The summed E-state index contributed by atoms with van der Waals surface area (Å²) in [6.07, 6.45) is 0.543. The van der Waals surface area contributed by atoms with Crippen molar-refractivity contribution < 1.29 is 24.3 Å². The van der Waals surface area contributed by atoms with Crippen molar-refractivity contribution in [1.82, 2.24) is 4.90 Å². The van der Waals surface area contributed by atoms with Gasteiger partial charge in [-0.2, -0.15) is 0 Å². The molecular weight excluding hydrogens is 414 g/mol. The molecule has 2 N–H and O–H groups in total. The number of amides is 1. The van der Waals surface area contributed by atoms with Crippen LogP contribution in [0.4, 0.5) is 11.4 Å². The van der Waals surface area contributed by atoms with E-state index in [1.807, 2.05) is 29.2 Å². The summed E-state index contributed by atoms with van der Waals surface area (Å²) in [5.74, 6) is 0.656. The summed E-state index contributed by atoms with van der Waals surface area (Å²) in [5.41, 5.74) is 1.81. The van der Waals surface area contributed by atoms with Crippen molar-refractivity contribution in [3.63, 3.8) is 0 Å². The van der Waals surface area contributed by atoms with Crippen LogP contribution in [0.25, 0.3) is 0 Å². The molecule has 0 radical (unpaired) electrons. The molecule has 0 aromatic heterocycles. The maximum absolute atomic E-state index is 13.5. The van der Waals surface area contributed by atoms with E-state index in [0.29, 0.717) is 43.3 Å². The SMILES string of the molecule is CC(C)c1ccc(NC(=O)[C@@H](c2cc3c(cc2[N+](=O)[O-])OCO3)N2CCC(O)CC2)cc1. The molecule has 1 fully saturated rings. The number of nitro groups is 1. The van der Waals surface area contributed by atoms with Crippen LogP contribution in [0.5, 0.6) is 11.5 Å². The molecule has 9 heteroatoms. The van der Waals surface area contributed by atoms with Crippen LogP contribution in [0.2, 0.25) is 0 Å². The van der Waals surface area contributed by atoms with E-state index in [1.165, 1.54) is 12.1 Å². The first-order valence-electron chi connectivity index (χ1n) is 10.7. The van der Waals surface area contributed by atoms with E-state index in [1.54, 1.807) is 0 Å². The first kappa shape index (κ1) is 22.0. The summed E-state index contributed by atoms with van der Waals surface area (Å²) >= 11 is 0. The largest absolute Gasteiger partial charge is 0.454 e. The molecule has 1 saturated heterocycles. The lowest BCUT2D eigenvalue weighted by molar-refractivity contribution is -0.386. The van der Waals surface area contributed by atoms with Crippen LogP contribution < -0.4 is 14.8 Å². The number of aliphatic hydroxyl groups is 1. The average molecular weight is 441 g/mol. The van der Waals surface area contributed by atoms with Gasteiger partial charge in [-0.1, -0.05) is 26.0 Å². The normalized spacial score (nSPS) is 17.4. The second-order valence-electron chi connectivity index (χ2n) is 8.46. The maximum Gasteiger partial charge on any atom is 0.278 e. The van der Waals surface area contributed by atoms with Gasteiger partial charge in [-0.05, 0) is 42.5 Å². The molecule has 2 heterocycles. The van der Waals surface area contributed by atoms with Crippen LogP contribution in [0.15, 0.2) is 36.4 Å². The molecule has 9 nitrogen and oxygen atoms in total. The lowest BCUT2D eigenvalue weighted by Gasteiger charge is -2.35. The Kier molecular flexibility index (Phi) is 6.29. The van der Waals surface area contributed by atoms with E-state index in [0.717, 1.165) is 5.56 Å². The number of ether oxygens (including phenoxy) is 2. The highest BCUT2D eigenvalue weighted by atomic mass is 16.7. The van der Waals surface area contributed by atoms with Gasteiger partial charge in [0, 0.05) is 18.8 Å². The third-order valence-corrected chi connectivity index (χ3v) is 5.97. The quantitative estimate of drug-likeness (QED) is 0.520. The highest BCUT2D eigenvalue weighted by molar-refractivity contribution is 5.96. The number of nitro benzene ring substituents is 1. The first-order valence-corrected chi connectivity index (χ1v) is 10.7. The Balaban J connectivity index is 1.69. The topological polar surface area (TPSA) is 114 Å². The van der Waals surface area contributed by atoms with Crippen molar-refractivity contribution in [2.75, 3.05) is 25.2 Å². The number of benzene rings is 2. The third-order valence-electron chi connectivity index (χ3n) is 5.97. The number of hydrogen-bond donors (Lipinski definition) is 2. The molecule has 4 rings (SSSR count). The van der Waals surface area contributed by atoms with Crippen molar-refractivity contribution in [1.29, 1.82) is 0 Å². The van der Waals surface area contributed by atoms with Gasteiger partial charge in [0.05, 0.1) is 22.7 Å². The molecule has 2 aromatic rings.